The molecule has 0 aliphatic carbocycles. The Bertz CT molecular complexity index is 1070. The highest BCUT2D eigenvalue weighted by molar-refractivity contribution is 5.86. The summed E-state index contributed by atoms with van der Waals surface area (Å²) >= 11 is 0. The molecule has 0 saturated heterocycles. The van der Waals surface area contributed by atoms with Gasteiger partial charge in [0.15, 0.2) is 0 Å². The van der Waals surface area contributed by atoms with Gasteiger partial charge in [-0.1, -0.05) is 24.3 Å². The number of para-hydroxylation sites is 1. The van der Waals surface area contributed by atoms with Gasteiger partial charge in [-0.2, -0.15) is 0 Å². The molecule has 0 N–H and O–H groups in total. The molecular formula is C19H15N3O2. The summed E-state index contributed by atoms with van der Waals surface area (Å²) in [5.74, 6) is 0.819. The Balaban J connectivity index is 1.95. The van der Waals surface area contributed by atoms with Crippen LogP contribution in [0.25, 0.3) is 22.0 Å². The first-order valence-electron chi connectivity index (χ1n) is 7.56. The molecule has 2 aromatic heterocycles. The number of fused-ring (bicyclic) bond motifs is 1. The maximum Gasteiger partial charge on any atom is 0.270 e. The number of pyridine rings is 1. The van der Waals surface area contributed by atoms with E-state index in [0.717, 1.165) is 27.8 Å². The summed E-state index contributed by atoms with van der Waals surface area (Å²) in [4.78, 5) is 16.3. The average Bonchev–Trinajstić information content (AvgIpc) is 3.15. The zero-order valence-corrected chi connectivity index (χ0v) is 13.1. The zero-order chi connectivity index (χ0) is 16.5. The van der Waals surface area contributed by atoms with Crippen molar-refractivity contribution in [2.75, 3.05) is 7.11 Å². The lowest BCUT2D eigenvalue weighted by molar-refractivity contribution is 0.416. The van der Waals surface area contributed by atoms with Crippen molar-refractivity contribution in [2.45, 2.75) is 0 Å². The maximum atomic E-state index is 12.3. The molecule has 0 spiro atoms. The van der Waals surface area contributed by atoms with E-state index in [1.807, 2.05) is 42.5 Å². The van der Waals surface area contributed by atoms with Gasteiger partial charge >= 0.3 is 0 Å². The normalized spacial score (nSPS) is 10.9. The first-order chi connectivity index (χ1) is 11.8. The number of nitrogens with zero attached hydrogens (tertiary/aromatic N) is 3. The lowest BCUT2D eigenvalue weighted by atomic mass is 10.0. The van der Waals surface area contributed by atoms with Gasteiger partial charge in [0.05, 0.1) is 12.6 Å². The fraction of sp³-hybridized carbons (Fsp3) is 0.0526. The molecule has 2 aromatic carbocycles. The molecule has 5 nitrogen and oxygen atoms in total. The minimum Gasteiger partial charge on any atom is -0.496 e. The van der Waals surface area contributed by atoms with Crippen molar-refractivity contribution in [3.05, 3.63) is 83.7 Å². The first kappa shape index (κ1) is 14.3. The minimum atomic E-state index is -0.106. The molecule has 0 aliphatic heterocycles. The van der Waals surface area contributed by atoms with Crippen molar-refractivity contribution < 1.29 is 4.74 Å². The number of hydrogen-bond acceptors (Lipinski definition) is 3. The summed E-state index contributed by atoms with van der Waals surface area (Å²) in [7, 11) is 1.66. The van der Waals surface area contributed by atoms with Crippen molar-refractivity contribution in [1.82, 2.24) is 14.3 Å². The van der Waals surface area contributed by atoms with Gasteiger partial charge in [-0.15, -0.1) is 0 Å². The first-order valence-corrected chi connectivity index (χ1v) is 7.56. The molecule has 0 amide bonds. The van der Waals surface area contributed by atoms with Gasteiger partial charge in [0.1, 0.15) is 12.1 Å². The number of aromatic nitrogens is 3. The Kier molecular flexibility index (Phi) is 3.39. The largest absolute Gasteiger partial charge is 0.496 e. The van der Waals surface area contributed by atoms with Crippen molar-refractivity contribution in [3.63, 3.8) is 0 Å². The van der Waals surface area contributed by atoms with E-state index in [2.05, 4.69) is 11.1 Å². The van der Waals surface area contributed by atoms with Crippen LogP contribution in [0.1, 0.15) is 0 Å². The van der Waals surface area contributed by atoms with Crippen LogP contribution in [0.15, 0.2) is 78.1 Å². The van der Waals surface area contributed by atoms with Gasteiger partial charge in [0, 0.05) is 29.4 Å². The van der Waals surface area contributed by atoms with Crippen LogP contribution in [-0.4, -0.2) is 21.4 Å². The van der Waals surface area contributed by atoms with Crippen molar-refractivity contribution in [1.29, 1.82) is 0 Å². The van der Waals surface area contributed by atoms with E-state index in [9.17, 15) is 4.79 Å². The Morgan fingerprint density at radius 3 is 2.71 bits per heavy atom. The van der Waals surface area contributed by atoms with Crippen molar-refractivity contribution in [3.8, 4) is 16.9 Å². The summed E-state index contributed by atoms with van der Waals surface area (Å²) in [6.07, 6.45) is 5.00. The molecule has 0 unspecified atom stereocenters. The molecule has 0 saturated carbocycles. The lowest BCUT2D eigenvalue weighted by Crippen LogP contribution is -2.24. The van der Waals surface area contributed by atoms with Gasteiger partial charge in [-0.25, -0.2) is 14.3 Å². The molecule has 118 valence electrons. The van der Waals surface area contributed by atoms with E-state index in [-0.39, 0.29) is 5.56 Å². The summed E-state index contributed by atoms with van der Waals surface area (Å²) in [6, 6.07) is 17.3. The van der Waals surface area contributed by atoms with E-state index in [4.69, 9.17) is 4.74 Å². The van der Waals surface area contributed by atoms with Crippen LogP contribution in [0.3, 0.4) is 0 Å². The quantitative estimate of drug-likeness (QED) is 0.583. The van der Waals surface area contributed by atoms with Crippen molar-refractivity contribution >= 4 is 10.9 Å². The third kappa shape index (κ3) is 2.27. The Morgan fingerprint density at radius 1 is 1.04 bits per heavy atom. The molecule has 4 rings (SSSR count). The average molecular weight is 317 g/mol. The standard InChI is InChI=1S/C19H15N3O2/c1-24-18-5-3-2-4-16(18)14-6-8-17-15(12-14)7-9-19(23)22(17)21-11-10-20-13-21/h2-13H,1H3. The molecule has 4 aromatic rings. The van der Waals surface area contributed by atoms with Gasteiger partial charge in [-0.05, 0) is 29.8 Å². The maximum absolute atomic E-state index is 12.3. The summed E-state index contributed by atoms with van der Waals surface area (Å²) in [6.45, 7) is 0. The number of ether oxygens (including phenoxy) is 1. The predicted octanol–water partition coefficient (Wildman–Crippen LogP) is 3.19. The van der Waals surface area contributed by atoms with Gasteiger partial charge < -0.3 is 4.74 Å². The molecule has 0 radical (unpaired) electrons. The van der Waals surface area contributed by atoms with Crippen molar-refractivity contribution in [2.24, 2.45) is 0 Å². The smallest absolute Gasteiger partial charge is 0.270 e. The van der Waals surface area contributed by atoms with Crippen LogP contribution in [0.4, 0.5) is 0 Å². The molecule has 0 aliphatic rings. The monoisotopic (exact) mass is 317 g/mol. The molecule has 5 heteroatoms. The van der Waals surface area contributed by atoms with Crippen LogP contribution in [0, 0.1) is 0 Å². The highest BCUT2D eigenvalue weighted by atomic mass is 16.5. The molecule has 0 atom stereocenters. The fourth-order valence-electron chi connectivity index (χ4n) is 2.89. The van der Waals surface area contributed by atoms with E-state index >= 15 is 0 Å². The highest BCUT2D eigenvalue weighted by Gasteiger charge is 2.09. The van der Waals surface area contributed by atoms with Crippen LogP contribution >= 0.6 is 0 Å². The van der Waals surface area contributed by atoms with Gasteiger partial charge in [-0.3, -0.25) is 4.79 Å². The summed E-state index contributed by atoms with van der Waals surface area (Å²) < 4.78 is 8.71. The Labute approximate surface area is 138 Å². The van der Waals surface area contributed by atoms with Gasteiger partial charge in [0.2, 0.25) is 0 Å². The van der Waals surface area contributed by atoms with Crippen LogP contribution < -0.4 is 10.3 Å². The molecular weight excluding hydrogens is 302 g/mol. The van der Waals surface area contributed by atoms with E-state index < -0.39 is 0 Å². The third-order valence-corrected chi connectivity index (χ3v) is 4.01. The molecule has 24 heavy (non-hydrogen) atoms. The second-order valence-electron chi connectivity index (χ2n) is 5.40. The van der Waals surface area contributed by atoms with Crippen LogP contribution in [0.5, 0.6) is 5.75 Å². The second-order valence-corrected chi connectivity index (χ2v) is 5.40. The lowest BCUT2D eigenvalue weighted by Gasteiger charge is -2.13. The fourth-order valence-corrected chi connectivity index (χ4v) is 2.89. The zero-order valence-electron chi connectivity index (χ0n) is 13.1. The third-order valence-electron chi connectivity index (χ3n) is 4.01. The molecule has 2 heterocycles. The minimum absolute atomic E-state index is 0.106. The van der Waals surface area contributed by atoms with E-state index in [0.29, 0.717) is 0 Å². The number of imidazole rings is 1. The number of methoxy groups -OCH3 is 1. The SMILES string of the molecule is COc1ccccc1-c1ccc2c(ccc(=O)n2-n2ccnc2)c1. The summed E-state index contributed by atoms with van der Waals surface area (Å²) in [5, 5.41) is 0.965. The number of benzene rings is 2. The molecule has 0 bridgehead atoms. The van der Waals surface area contributed by atoms with E-state index in [1.165, 1.54) is 0 Å². The number of hydrogen-bond donors (Lipinski definition) is 0. The predicted molar refractivity (Wildman–Crippen MR) is 93.2 cm³/mol. The van der Waals surface area contributed by atoms with Gasteiger partial charge in [0.25, 0.3) is 5.56 Å². The molecule has 0 fully saturated rings. The number of rotatable bonds is 3. The van der Waals surface area contributed by atoms with Crippen LogP contribution in [0.2, 0.25) is 0 Å². The Morgan fingerprint density at radius 2 is 1.92 bits per heavy atom. The van der Waals surface area contributed by atoms with E-state index in [1.54, 1.807) is 41.2 Å². The highest BCUT2D eigenvalue weighted by Crippen LogP contribution is 2.31. The topological polar surface area (TPSA) is 49.0 Å². The summed E-state index contributed by atoms with van der Waals surface area (Å²) in [5.41, 5.74) is 2.77. The van der Waals surface area contributed by atoms with Crippen LogP contribution in [-0.2, 0) is 0 Å². The Hall–Kier alpha value is -3.34. The second kappa shape index (κ2) is 5.70.